The number of ether oxygens (including phenoxy) is 1. The highest BCUT2D eigenvalue weighted by molar-refractivity contribution is 7.98. The summed E-state index contributed by atoms with van der Waals surface area (Å²) in [6, 6.07) is 4.58. The predicted molar refractivity (Wildman–Crippen MR) is 94.7 cm³/mol. The fourth-order valence-electron chi connectivity index (χ4n) is 1.89. The Labute approximate surface area is 151 Å². The van der Waals surface area contributed by atoms with Crippen molar-refractivity contribution in [2.45, 2.75) is 17.4 Å². The summed E-state index contributed by atoms with van der Waals surface area (Å²) in [5.41, 5.74) is 0.233. The third-order valence-corrected chi connectivity index (χ3v) is 5.75. The third-order valence-electron chi connectivity index (χ3n) is 3.41. The molecule has 10 heteroatoms. The Balaban J connectivity index is 2.90. The first-order chi connectivity index (χ1) is 11.8. The van der Waals surface area contributed by atoms with Crippen molar-refractivity contribution < 1.29 is 27.6 Å². The first-order valence-electron chi connectivity index (χ1n) is 7.28. The minimum atomic E-state index is -3.78. The average Bonchev–Trinajstić information content (AvgIpc) is 2.63. The number of methoxy groups -OCH3 is 1. The van der Waals surface area contributed by atoms with Gasteiger partial charge in [0.05, 0.1) is 19.1 Å². The molecule has 0 aliphatic rings. The lowest BCUT2D eigenvalue weighted by atomic mass is 10.1. The highest BCUT2D eigenvalue weighted by Gasteiger charge is 2.23. The molecule has 1 N–H and O–H groups in total. The van der Waals surface area contributed by atoms with Crippen molar-refractivity contribution in [1.29, 1.82) is 0 Å². The zero-order valence-corrected chi connectivity index (χ0v) is 16.1. The van der Waals surface area contributed by atoms with E-state index >= 15 is 0 Å². The molecule has 0 saturated carbocycles. The largest absolute Gasteiger partial charge is 0.467 e. The summed E-state index contributed by atoms with van der Waals surface area (Å²) >= 11 is 1.55. The molecule has 0 aromatic heterocycles. The second kappa shape index (κ2) is 9.76. The Kier molecular flexibility index (Phi) is 8.36. The Morgan fingerprint density at radius 2 is 1.84 bits per heavy atom. The van der Waals surface area contributed by atoms with Gasteiger partial charge in [-0.15, -0.1) is 0 Å². The van der Waals surface area contributed by atoms with Crippen molar-refractivity contribution >= 4 is 33.7 Å². The summed E-state index contributed by atoms with van der Waals surface area (Å²) in [6.45, 7) is 0. The molecule has 25 heavy (non-hydrogen) atoms. The number of rotatable bonds is 9. The third kappa shape index (κ3) is 5.70. The molecule has 0 aliphatic carbocycles. The van der Waals surface area contributed by atoms with Crippen LogP contribution in [0, 0.1) is 0 Å². The lowest BCUT2D eigenvalue weighted by Crippen LogP contribution is -2.41. The van der Waals surface area contributed by atoms with E-state index in [-0.39, 0.29) is 10.5 Å². The number of carbonyl (C=O) groups is 2. The van der Waals surface area contributed by atoms with Gasteiger partial charge in [0, 0.05) is 12.6 Å². The minimum absolute atomic E-state index is 0.0136. The van der Waals surface area contributed by atoms with Gasteiger partial charge in [-0.05, 0) is 42.7 Å². The second-order valence-electron chi connectivity index (χ2n) is 4.95. The van der Waals surface area contributed by atoms with Crippen molar-refractivity contribution in [1.82, 2.24) is 9.79 Å². The number of esters is 1. The molecule has 0 fully saturated rings. The van der Waals surface area contributed by atoms with Crippen molar-refractivity contribution in [2.24, 2.45) is 0 Å². The minimum Gasteiger partial charge on any atom is -0.467 e. The van der Waals surface area contributed by atoms with E-state index in [1.54, 1.807) is 11.8 Å². The van der Waals surface area contributed by atoms with E-state index in [4.69, 9.17) is 0 Å². The Morgan fingerprint density at radius 3 is 2.32 bits per heavy atom. The topological polar surface area (TPSA) is 102 Å². The van der Waals surface area contributed by atoms with Crippen LogP contribution < -0.4 is 5.32 Å². The molecule has 1 amide bonds. The first-order valence-corrected chi connectivity index (χ1v) is 10.1. The number of hydrogen-bond acceptors (Lipinski definition) is 7. The van der Waals surface area contributed by atoms with Crippen LogP contribution in [0.1, 0.15) is 16.8 Å². The number of amides is 1. The number of sulfonamides is 1. The molecule has 1 atom stereocenters. The quantitative estimate of drug-likeness (QED) is 0.493. The lowest BCUT2D eigenvalue weighted by molar-refractivity contribution is -0.142. The zero-order chi connectivity index (χ0) is 19.0. The van der Waals surface area contributed by atoms with Gasteiger partial charge in [-0.1, -0.05) is 4.47 Å². The van der Waals surface area contributed by atoms with Crippen molar-refractivity contribution in [2.75, 3.05) is 33.3 Å². The van der Waals surface area contributed by atoms with Crippen LogP contribution in [0.25, 0.3) is 0 Å². The fourth-order valence-corrected chi connectivity index (χ4v) is 3.34. The highest BCUT2D eigenvalue weighted by atomic mass is 32.2. The summed E-state index contributed by atoms with van der Waals surface area (Å²) in [5, 5.41) is 2.60. The number of nitrogens with one attached hydrogen (secondary N) is 1. The van der Waals surface area contributed by atoms with Gasteiger partial charge in [-0.2, -0.15) is 11.8 Å². The summed E-state index contributed by atoms with van der Waals surface area (Å²) in [7, 11) is -0.0214. The van der Waals surface area contributed by atoms with Gasteiger partial charge in [0.15, 0.2) is 0 Å². The zero-order valence-electron chi connectivity index (χ0n) is 14.5. The first kappa shape index (κ1) is 21.4. The van der Waals surface area contributed by atoms with Crippen LogP contribution in [0.2, 0.25) is 0 Å². The van der Waals surface area contributed by atoms with Crippen molar-refractivity contribution in [3.8, 4) is 0 Å². The van der Waals surface area contributed by atoms with Crippen molar-refractivity contribution in [3.63, 3.8) is 0 Å². The summed E-state index contributed by atoms with van der Waals surface area (Å²) in [6.07, 6.45) is 2.33. The van der Waals surface area contributed by atoms with Crippen LogP contribution in [-0.2, 0) is 24.4 Å². The molecule has 0 unspecified atom stereocenters. The molecule has 0 heterocycles. The standard InChI is InChI=1S/C15H22N2O6S2/c1-17(23-3)25(20,21)12-7-5-11(6-8-12)14(18)16-13(9-10-24-4)15(19)22-2/h5-8,13H,9-10H2,1-4H3,(H,16,18)/t13-/m0/s1. The summed E-state index contributed by atoms with van der Waals surface area (Å²) < 4.78 is 29.6. The summed E-state index contributed by atoms with van der Waals surface area (Å²) in [4.78, 5) is 28.7. The van der Waals surface area contributed by atoms with E-state index in [1.807, 2.05) is 6.26 Å². The maximum absolute atomic E-state index is 12.3. The second-order valence-corrected chi connectivity index (χ2v) is 7.87. The van der Waals surface area contributed by atoms with Crippen LogP contribution in [0.3, 0.4) is 0 Å². The number of thioether (sulfide) groups is 1. The van der Waals surface area contributed by atoms with Gasteiger partial charge in [0.2, 0.25) is 0 Å². The maximum Gasteiger partial charge on any atom is 0.328 e. The Bertz CT molecular complexity index is 690. The van der Waals surface area contributed by atoms with Crippen LogP contribution >= 0.6 is 11.8 Å². The summed E-state index contributed by atoms with van der Waals surface area (Å²) in [5.74, 6) is -0.329. The molecule has 0 bridgehead atoms. The lowest BCUT2D eigenvalue weighted by Gasteiger charge is -2.16. The molecular formula is C15H22N2O6S2. The van der Waals surface area contributed by atoms with Gasteiger partial charge in [0.1, 0.15) is 6.04 Å². The molecule has 1 aromatic carbocycles. The molecule has 1 rings (SSSR count). The van der Waals surface area contributed by atoms with E-state index in [1.165, 1.54) is 45.5 Å². The predicted octanol–water partition coefficient (Wildman–Crippen LogP) is 0.893. The number of nitrogens with zero attached hydrogens (tertiary/aromatic N) is 1. The van der Waals surface area contributed by atoms with Gasteiger partial charge < -0.3 is 10.1 Å². The molecule has 140 valence electrons. The average molecular weight is 390 g/mol. The monoisotopic (exact) mass is 390 g/mol. The van der Waals surface area contributed by atoms with Crippen LogP contribution in [0.4, 0.5) is 0 Å². The Morgan fingerprint density at radius 1 is 1.24 bits per heavy atom. The Hall–Kier alpha value is -1.62. The number of benzene rings is 1. The normalized spacial score (nSPS) is 12.7. The van der Waals surface area contributed by atoms with E-state index in [2.05, 4.69) is 14.9 Å². The molecular weight excluding hydrogens is 368 g/mol. The van der Waals surface area contributed by atoms with E-state index in [0.29, 0.717) is 12.2 Å². The molecule has 0 saturated heterocycles. The SMILES string of the molecule is COC(=O)[C@H](CCSC)NC(=O)c1ccc(S(=O)(=O)N(C)OC)cc1. The fraction of sp³-hybridized carbons (Fsp3) is 0.467. The van der Waals surface area contributed by atoms with Crippen LogP contribution in [0.5, 0.6) is 0 Å². The van der Waals surface area contributed by atoms with Gasteiger partial charge in [-0.25, -0.2) is 13.2 Å². The maximum atomic E-state index is 12.3. The number of hydrogen-bond donors (Lipinski definition) is 1. The van der Waals surface area contributed by atoms with Crippen LogP contribution in [0.15, 0.2) is 29.2 Å². The van der Waals surface area contributed by atoms with E-state index in [0.717, 1.165) is 4.47 Å². The van der Waals surface area contributed by atoms with E-state index < -0.39 is 27.9 Å². The molecule has 8 nitrogen and oxygen atoms in total. The van der Waals surface area contributed by atoms with Gasteiger partial charge >= 0.3 is 5.97 Å². The molecule has 0 spiro atoms. The van der Waals surface area contributed by atoms with Crippen molar-refractivity contribution in [3.05, 3.63) is 29.8 Å². The highest BCUT2D eigenvalue weighted by Crippen LogP contribution is 2.15. The molecule has 1 aromatic rings. The molecule has 0 radical (unpaired) electrons. The number of carbonyl (C=O) groups excluding carboxylic acids is 2. The van der Waals surface area contributed by atoms with Crippen LogP contribution in [-0.4, -0.2) is 64.1 Å². The number of hydroxylamine groups is 1. The van der Waals surface area contributed by atoms with Gasteiger partial charge in [-0.3, -0.25) is 9.63 Å². The smallest absolute Gasteiger partial charge is 0.328 e. The van der Waals surface area contributed by atoms with Gasteiger partial charge in [0.25, 0.3) is 15.9 Å². The molecule has 0 aliphatic heterocycles. The van der Waals surface area contributed by atoms with E-state index in [9.17, 15) is 18.0 Å².